The van der Waals surface area contributed by atoms with Gasteiger partial charge in [-0.1, -0.05) is 41.6 Å². The van der Waals surface area contributed by atoms with Crippen LogP contribution in [-0.4, -0.2) is 10.1 Å². The lowest BCUT2D eigenvalue weighted by atomic mass is 10.1. The van der Waals surface area contributed by atoms with Crippen molar-refractivity contribution in [3.8, 4) is 22.9 Å². The number of hydrogen-bond donors (Lipinski definition) is 0. The monoisotopic (exact) mass is 306 g/mol. The summed E-state index contributed by atoms with van der Waals surface area (Å²) in [5.74, 6) is 0.327. The number of aromatic nitrogens is 2. The van der Waals surface area contributed by atoms with Crippen molar-refractivity contribution in [3.05, 3.63) is 72.5 Å². The first-order valence-corrected chi connectivity index (χ1v) is 7.05. The molecule has 0 amide bonds. The number of benzene rings is 2. The Morgan fingerprint density at radius 3 is 2.61 bits per heavy atom. The number of fused-ring (bicyclic) bond motifs is 1. The largest absolute Gasteiger partial charge is 0.439 e. The minimum Gasteiger partial charge on any atom is -0.439 e. The van der Waals surface area contributed by atoms with Gasteiger partial charge in [-0.3, -0.25) is 0 Å². The van der Waals surface area contributed by atoms with E-state index < -0.39 is 0 Å². The maximum Gasteiger partial charge on any atom is 0.261 e. The van der Waals surface area contributed by atoms with Crippen molar-refractivity contribution < 1.29 is 13.7 Å². The molecule has 0 unspecified atom stereocenters. The molecule has 0 aliphatic rings. The first-order chi connectivity index (χ1) is 11.3. The highest BCUT2D eigenvalue weighted by Crippen LogP contribution is 2.29. The van der Waals surface area contributed by atoms with Crippen LogP contribution in [-0.2, 0) is 0 Å². The smallest absolute Gasteiger partial charge is 0.261 e. The summed E-state index contributed by atoms with van der Waals surface area (Å²) in [6.07, 6.45) is 0. The third-order valence-corrected chi connectivity index (χ3v) is 3.38. The molecule has 2 heterocycles. The summed E-state index contributed by atoms with van der Waals surface area (Å²) in [7, 11) is 0. The van der Waals surface area contributed by atoms with Crippen LogP contribution in [0, 0.1) is 5.82 Å². The molecule has 4 rings (SSSR count). The predicted octanol–water partition coefficient (Wildman–Crippen LogP) is 4.82. The van der Waals surface area contributed by atoms with Gasteiger partial charge in [0.05, 0.1) is 5.39 Å². The van der Waals surface area contributed by atoms with Crippen molar-refractivity contribution in [2.75, 3.05) is 0 Å². The van der Waals surface area contributed by atoms with E-state index in [1.807, 2.05) is 36.4 Å². The maximum absolute atomic E-state index is 13.2. The van der Waals surface area contributed by atoms with Crippen molar-refractivity contribution in [1.29, 1.82) is 0 Å². The van der Waals surface area contributed by atoms with Crippen LogP contribution < -0.4 is 4.74 Å². The average molecular weight is 306 g/mol. The molecular weight excluding hydrogens is 295 g/mol. The Bertz CT molecular complexity index is 967. The summed E-state index contributed by atoms with van der Waals surface area (Å²) in [4.78, 5) is 4.27. The molecule has 23 heavy (non-hydrogen) atoms. The van der Waals surface area contributed by atoms with E-state index >= 15 is 0 Å². The second-order valence-electron chi connectivity index (χ2n) is 4.96. The molecule has 112 valence electrons. The van der Waals surface area contributed by atoms with Crippen LogP contribution in [0.2, 0.25) is 0 Å². The zero-order valence-corrected chi connectivity index (χ0v) is 11.9. The first-order valence-electron chi connectivity index (χ1n) is 7.05. The summed E-state index contributed by atoms with van der Waals surface area (Å²) >= 11 is 0. The van der Waals surface area contributed by atoms with Crippen molar-refractivity contribution in [2.45, 2.75) is 0 Å². The molecule has 0 N–H and O–H groups in total. The predicted molar refractivity (Wildman–Crippen MR) is 83.7 cm³/mol. The minimum atomic E-state index is -0.366. The number of halogens is 1. The van der Waals surface area contributed by atoms with E-state index in [1.165, 1.54) is 12.1 Å². The lowest BCUT2D eigenvalue weighted by molar-refractivity contribution is 0.432. The molecule has 0 aliphatic heterocycles. The van der Waals surface area contributed by atoms with Gasteiger partial charge in [-0.15, -0.1) is 0 Å². The van der Waals surface area contributed by atoms with E-state index in [4.69, 9.17) is 9.26 Å². The molecule has 0 saturated heterocycles. The van der Waals surface area contributed by atoms with E-state index in [-0.39, 0.29) is 5.82 Å². The van der Waals surface area contributed by atoms with Crippen LogP contribution in [0.4, 0.5) is 4.39 Å². The van der Waals surface area contributed by atoms with E-state index in [9.17, 15) is 4.39 Å². The van der Waals surface area contributed by atoms with Crippen LogP contribution >= 0.6 is 0 Å². The van der Waals surface area contributed by atoms with Gasteiger partial charge in [-0.25, -0.2) is 4.39 Å². The molecule has 0 aliphatic carbocycles. The lowest BCUT2D eigenvalue weighted by Crippen LogP contribution is -1.88. The van der Waals surface area contributed by atoms with Crippen LogP contribution in [0.5, 0.6) is 11.6 Å². The standard InChI is InChI=1S/C18H11FN2O2/c19-13-7-4-8-14(11-13)22-16-10-9-15-17(21-23-18(15)20-16)12-5-2-1-3-6-12/h1-11H. The Kier molecular flexibility index (Phi) is 3.24. The minimum absolute atomic E-state index is 0.318. The second kappa shape index (κ2) is 5.53. The number of hydrogen-bond acceptors (Lipinski definition) is 4. The van der Waals surface area contributed by atoms with Crippen molar-refractivity contribution in [1.82, 2.24) is 10.1 Å². The van der Waals surface area contributed by atoms with Crippen LogP contribution in [0.25, 0.3) is 22.4 Å². The Morgan fingerprint density at radius 2 is 1.78 bits per heavy atom. The molecule has 0 radical (unpaired) electrons. The molecule has 2 aromatic carbocycles. The molecule has 4 aromatic rings. The fraction of sp³-hybridized carbons (Fsp3) is 0. The quantitative estimate of drug-likeness (QED) is 0.544. The normalized spacial score (nSPS) is 10.8. The van der Waals surface area contributed by atoms with Gasteiger partial charge in [0, 0.05) is 17.7 Å². The third kappa shape index (κ3) is 2.64. The average Bonchev–Trinajstić information content (AvgIpc) is 2.99. The van der Waals surface area contributed by atoms with Crippen LogP contribution in [0.3, 0.4) is 0 Å². The molecular formula is C18H11FN2O2. The van der Waals surface area contributed by atoms with E-state index in [0.717, 1.165) is 16.6 Å². The SMILES string of the molecule is Fc1cccc(Oc2ccc3c(-c4ccccc4)noc3n2)c1. The van der Waals surface area contributed by atoms with Crippen LogP contribution in [0.1, 0.15) is 0 Å². The molecule has 2 aromatic heterocycles. The third-order valence-electron chi connectivity index (χ3n) is 3.38. The summed E-state index contributed by atoms with van der Waals surface area (Å²) in [5, 5.41) is 4.87. The molecule has 4 nitrogen and oxygen atoms in total. The topological polar surface area (TPSA) is 48.2 Å². The zero-order chi connectivity index (χ0) is 15.6. The molecule has 5 heteroatoms. The highest BCUT2D eigenvalue weighted by Gasteiger charge is 2.12. The highest BCUT2D eigenvalue weighted by atomic mass is 19.1. The second-order valence-corrected chi connectivity index (χ2v) is 4.96. The molecule has 0 saturated carbocycles. The van der Waals surface area contributed by atoms with Gasteiger partial charge in [-0.2, -0.15) is 4.98 Å². The number of nitrogens with zero attached hydrogens (tertiary/aromatic N) is 2. The fourth-order valence-electron chi connectivity index (χ4n) is 2.32. The zero-order valence-electron chi connectivity index (χ0n) is 11.9. The van der Waals surface area contributed by atoms with Crippen molar-refractivity contribution in [2.24, 2.45) is 0 Å². The van der Waals surface area contributed by atoms with E-state index in [2.05, 4.69) is 10.1 Å². The number of ether oxygens (including phenoxy) is 1. The number of rotatable bonds is 3. The van der Waals surface area contributed by atoms with Gasteiger partial charge in [-0.05, 0) is 18.2 Å². The fourth-order valence-corrected chi connectivity index (χ4v) is 2.32. The van der Waals surface area contributed by atoms with Gasteiger partial charge < -0.3 is 9.26 Å². The Labute approximate surface area is 131 Å². The molecule has 0 atom stereocenters. The Balaban J connectivity index is 1.70. The Hall–Kier alpha value is -3.21. The number of pyridine rings is 1. The summed E-state index contributed by atoms with van der Waals surface area (Å²) in [5.41, 5.74) is 2.05. The molecule has 0 spiro atoms. The van der Waals surface area contributed by atoms with E-state index in [1.54, 1.807) is 18.2 Å². The van der Waals surface area contributed by atoms with Gasteiger partial charge >= 0.3 is 0 Å². The maximum atomic E-state index is 13.2. The van der Waals surface area contributed by atoms with Gasteiger partial charge in [0.2, 0.25) is 5.88 Å². The lowest BCUT2D eigenvalue weighted by Gasteiger charge is -2.04. The summed E-state index contributed by atoms with van der Waals surface area (Å²) in [6, 6.07) is 19.1. The first kappa shape index (κ1) is 13.5. The van der Waals surface area contributed by atoms with Gasteiger partial charge in [0.15, 0.2) is 0 Å². The Morgan fingerprint density at radius 1 is 0.913 bits per heavy atom. The van der Waals surface area contributed by atoms with Crippen molar-refractivity contribution >= 4 is 11.1 Å². The summed E-state index contributed by atoms with van der Waals surface area (Å²) in [6.45, 7) is 0. The van der Waals surface area contributed by atoms with Gasteiger partial charge in [0.25, 0.3) is 5.71 Å². The van der Waals surface area contributed by atoms with Gasteiger partial charge in [0.1, 0.15) is 17.3 Å². The van der Waals surface area contributed by atoms with E-state index in [0.29, 0.717) is 17.3 Å². The molecule has 0 fully saturated rings. The van der Waals surface area contributed by atoms with Crippen molar-refractivity contribution in [3.63, 3.8) is 0 Å². The summed E-state index contributed by atoms with van der Waals surface area (Å²) < 4.78 is 24.0. The van der Waals surface area contributed by atoms with Crippen LogP contribution in [0.15, 0.2) is 71.3 Å². The molecule has 0 bridgehead atoms. The highest BCUT2D eigenvalue weighted by molar-refractivity contribution is 5.89.